The molecule has 1 aliphatic rings. The van der Waals surface area contributed by atoms with Gasteiger partial charge in [0.1, 0.15) is 25.0 Å². The molecule has 0 bridgehead atoms. The van der Waals surface area contributed by atoms with Crippen LogP contribution in [0.2, 0.25) is 0 Å². The number of ether oxygens (including phenoxy) is 1. The summed E-state index contributed by atoms with van der Waals surface area (Å²) < 4.78 is 40.9. The molecular formula is C6H9F3O3. The maximum Gasteiger partial charge on any atom is 0.233 e. The van der Waals surface area contributed by atoms with Crippen LogP contribution < -0.4 is 0 Å². The van der Waals surface area contributed by atoms with Crippen molar-refractivity contribution in [3.8, 4) is 0 Å². The highest BCUT2D eigenvalue weighted by atomic mass is 19.2. The number of alkyl halides is 3. The summed E-state index contributed by atoms with van der Waals surface area (Å²) in [6.07, 6.45) is -9.81. The maximum absolute atomic E-state index is 12.5. The Morgan fingerprint density at radius 2 is 1.75 bits per heavy atom. The lowest BCUT2D eigenvalue weighted by molar-refractivity contribution is -0.242. The number of rotatable bonds is 1. The van der Waals surface area contributed by atoms with Crippen LogP contribution in [0.1, 0.15) is 0 Å². The molecular weight excluding hydrogens is 176 g/mol. The first kappa shape index (κ1) is 9.76. The van der Waals surface area contributed by atoms with Gasteiger partial charge in [0.05, 0.1) is 0 Å². The Morgan fingerprint density at radius 3 is 2.25 bits per heavy atom. The average Bonchev–Trinajstić information content (AvgIpc) is 2.08. The fourth-order valence-corrected chi connectivity index (χ4v) is 1.01. The number of halogens is 3. The normalized spacial score (nSPS) is 49.2. The van der Waals surface area contributed by atoms with Crippen molar-refractivity contribution in [2.45, 2.75) is 30.8 Å². The van der Waals surface area contributed by atoms with Crippen LogP contribution >= 0.6 is 0 Å². The molecule has 1 rings (SSSR count). The summed E-state index contributed by atoms with van der Waals surface area (Å²) in [5.41, 5.74) is 0. The molecule has 5 atom stereocenters. The van der Waals surface area contributed by atoms with E-state index in [2.05, 4.69) is 4.74 Å². The van der Waals surface area contributed by atoms with Gasteiger partial charge in [-0.05, 0) is 0 Å². The van der Waals surface area contributed by atoms with Gasteiger partial charge in [0.2, 0.25) is 6.36 Å². The second-order valence-corrected chi connectivity index (χ2v) is 2.61. The first-order valence-corrected chi connectivity index (χ1v) is 3.43. The number of hydrogen-bond donors (Lipinski definition) is 2. The predicted molar refractivity (Wildman–Crippen MR) is 32.7 cm³/mol. The van der Waals surface area contributed by atoms with Gasteiger partial charge in [-0.1, -0.05) is 0 Å². The van der Waals surface area contributed by atoms with E-state index in [0.29, 0.717) is 0 Å². The van der Waals surface area contributed by atoms with E-state index in [0.717, 1.165) is 0 Å². The third-order valence-electron chi connectivity index (χ3n) is 1.76. The average molecular weight is 185 g/mol. The standard InChI is InChI=1S/C6H9F3O3/c7-1-2-4(10)5(11)3(8)6(9)12-2/h2-6,10-11H,1H2/t2-,3-,4-,5-,6-/m1/s1/i7-1. The van der Waals surface area contributed by atoms with Crippen molar-refractivity contribution in [3.05, 3.63) is 0 Å². The lowest BCUT2D eigenvalue weighted by Crippen LogP contribution is -2.55. The summed E-state index contributed by atoms with van der Waals surface area (Å²) in [5.74, 6) is 0. The van der Waals surface area contributed by atoms with Gasteiger partial charge in [0, 0.05) is 0 Å². The van der Waals surface area contributed by atoms with Crippen molar-refractivity contribution in [3.63, 3.8) is 0 Å². The maximum atomic E-state index is 12.5. The van der Waals surface area contributed by atoms with Gasteiger partial charge in [-0.2, -0.15) is 0 Å². The molecule has 0 aliphatic carbocycles. The van der Waals surface area contributed by atoms with Gasteiger partial charge >= 0.3 is 0 Å². The lowest BCUT2D eigenvalue weighted by Gasteiger charge is -2.34. The lowest BCUT2D eigenvalue weighted by atomic mass is 10.0. The van der Waals surface area contributed by atoms with E-state index < -0.39 is 37.5 Å². The van der Waals surface area contributed by atoms with Gasteiger partial charge < -0.3 is 14.9 Å². The molecule has 72 valence electrons. The Bertz CT molecular complexity index is 152. The van der Waals surface area contributed by atoms with E-state index in [1.165, 1.54) is 0 Å². The van der Waals surface area contributed by atoms with Crippen LogP contribution in [-0.2, 0) is 4.74 Å². The zero-order chi connectivity index (χ0) is 9.30. The molecule has 0 saturated carbocycles. The number of aliphatic hydroxyl groups is 2. The monoisotopic (exact) mass is 185 g/mol. The minimum atomic E-state index is -2.37. The van der Waals surface area contributed by atoms with E-state index in [4.69, 9.17) is 10.2 Å². The molecule has 6 heteroatoms. The van der Waals surface area contributed by atoms with Crippen LogP contribution in [0.5, 0.6) is 0 Å². The molecule has 1 heterocycles. The quantitative estimate of drug-likeness (QED) is 0.590. The third kappa shape index (κ3) is 1.55. The summed E-state index contributed by atoms with van der Waals surface area (Å²) in [6.45, 7) is -1.16. The van der Waals surface area contributed by atoms with Crippen LogP contribution in [0.15, 0.2) is 0 Å². The summed E-state index contributed by atoms with van der Waals surface area (Å²) >= 11 is 0. The first-order valence-electron chi connectivity index (χ1n) is 3.43. The summed E-state index contributed by atoms with van der Waals surface area (Å²) in [4.78, 5) is 0. The Labute approximate surface area is 66.8 Å². The summed E-state index contributed by atoms with van der Waals surface area (Å²) in [6, 6.07) is 0. The summed E-state index contributed by atoms with van der Waals surface area (Å²) in [7, 11) is 0. The molecule has 0 aromatic heterocycles. The van der Waals surface area contributed by atoms with Crippen LogP contribution in [0.3, 0.4) is 0 Å². The molecule has 0 aromatic carbocycles. The minimum absolute atomic E-state index is 1.16. The fraction of sp³-hybridized carbons (Fsp3) is 1.00. The molecule has 1 aliphatic heterocycles. The Balaban J connectivity index is 2.63. The zero-order valence-electron chi connectivity index (χ0n) is 6.03. The van der Waals surface area contributed by atoms with Gasteiger partial charge in [-0.25, -0.2) is 13.2 Å². The molecule has 2 N–H and O–H groups in total. The highest BCUT2D eigenvalue weighted by molar-refractivity contribution is 4.88. The van der Waals surface area contributed by atoms with Gasteiger partial charge in [0.15, 0.2) is 6.17 Å². The molecule has 1 saturated heterocycles. The van der Waals surface area contributed by atoms with Crippen LogP contribution in [0, 0.1) is 0 Å². The van der Waals surface area contributed by atoms with Crippen molar-refractivity contribution in [1.29, 1.82) is 0 Å². The SMILES string of the molecule is O[C@H]1[C@H](O)[C@@H](C[18F])O[C@@H](F)[C@@H]1F. The number of hydrogen-bond acceptors (Lipinski definition) is 3. The zero-order valence-corrected chi connectivity index (χ0v) is 6.03. The van der Waals surface area contributed by atoms with E-state index >= 15 is 0 Å². The first-order chi connectivity index (χ1) is 5.57. The molecule has 0 unspecified atom stereocenters. The van der Waals surface area contributed by atoms with Gasteiger partial charge in [0.25, 0.3) is 0 Å². The van der Waals surface area contributed by atoms with Crippen molar-refractivity contribution in [2.75, 3.05) is 6.67 Å². The molecule has 1 fully saturated rings. The van der Waals surface area contributed by atoms with Crippen LogP contribution in [0.4, 0.5) is 13.2 Å². The van der Waals surface area contributed by atoms with Crippen LogP contribution in [0.25, 0.3) is 0 Å². The van der Waals surface area contributed by atoms with Crippen molar-refractivity contribution in [2.24, 2.45) is 0 Å². The van der Waals surface area contributed by atoms with Gasteiger partial charge in [-0.3, -0.25) is 0 Å². The molecule has 0 radical (unpaired) electrons. The van der Waals surface area contributed by atoms with E-state index in [1.807, 2.05) is 0 Å². The highest BCUT2D eigenvalue weighted by Gasteiger charge is 2.45. The molecule has 3 nitrogen and oxygen atoms in total. The Hall–Kier alpha value is -0.330. The Kier molecular flexibility index (Phi) is 2.92. The number of aliphatic hydroxyl groups excluding tert-OH is 2. The Morgan fingerprint density at radius 1 is 1.17 bits per heavy atom. The van der Waals surface area contributed by atoms with E-state index in [1.54, 1.807) is 0 Å². The fourth-order valence-electron chi connectivity index (χ4n) is 1.01. The van der Waals surface area contributed by atoms with E-state index in [9.17, 15) is 13.2 Å². The highest BCUT2D eigenvalue weighted by Crippen LogP contribution is 2.24. The largest absolute Gasteiger partial charge is 0.387 e. The molecule has 0 spiro atoms. The molecule has 12 heavy (non-hydrogen) atoms. The molecule has 0 amide bonds. The molecule has 0 aromatic rings. The minimum Gasteiger partial charge on any atom is -0.387 e. The topological polar surface area (TPSA) is 49.7 Å². The second-order valence-electron chi connectivity index (χ2n) is 2.61. The van der Waals surface area contributed by atoms with E-state index in [-0.39, 0.29) is 0 Å². The van der Waals surface area contributed by atoms with Crippen molar-refractivity contribution in [1.82, 2.24) is 0 Å². The third-order valence-corrected chi connectivity index (χ3v) is 1.76. The van der Waals surface area contributed by atoms with Gasteiger partial charge in [-0.15, -0.1) is 0 Å². The van der Waals surface area contributed by atoms with Crippen molar-refractivity contribution >= 4 is 0 Å². The summed E-state index contributed by atoms with van der Waals surface area (Å²) in [5, 5.41) is 17.7. The van der Waals surface area contributed by atoms with Crippen molar-refractivity contribution < 1.29 is 28.1 Å². The second kappa shape index (κ2) is 3.59. The smallest absolute Gasteiger partial charge is 0.233 e. The predicted octanol–water partition coefficient (Wildman–Crippen LogP) is -0.290. The van der Waals surface area contributed by atoms with Crippen LogP contribution in [-0.4, -0.2) is 47.7 Å².